The van der Waals surface area contributed by atoms with Gasteiger partial charge in [-0.1, -0.05) is 12.1 Å². The minimum Gasteiger partial charge on any atom is -0.497 e. The van der Waals surface area contributed by atoms with Gasteiger partial charge in [-0.25, -0.2) is 4.79 Å². The first-order valence-electron chi connectivity index (χ1n) is 8.17. The van der Waals surface area contributed by atoms with Crippen molar-refractivity contribution in [1.82, 2.24) is 15.5 Å². The van der Waals surface area contributed by atoms with Crippen LogP contribution in [0.25, 0.3) is 0 Å². The minimum absolute atomic E-state index is 0. The fraction of sp³-hybridized carbons (Fsp3) is 0.471. The van der Waals surface area contributed by atoms with Crippen molar-refractivity contribution in [2.24, 2.45) is 5.73 Å². The van der Waals surface area contributed by atoms with E-state index < -0.39 is 17.5 Å². The highest BCUT2D eigenvalue weighted by molar-refractivity contribution is 6.09. The van der Waals surface area contributed by atoms with E-state index in [2.05, 4.69) is 10.6 Å². The lowest BCUT2D eigenvalue weighted by Crippen LogP contribution is -2.43. The Bertz CT molecular complexity index is 653. The monoisotopic (exact) mass is 384 g/mol. The number of ether oxygens (including phenoxy) is 1. The molecule has 1 aromatic carbocycles. The predicted octanol–water partition coefficient (Wildman–Crippen LogP) is 0.739. The molecule has 1 aliphatic heterocycles. The second kappa shape index (κ2) is 9.40. The lowest BCUT2D eigenvalue weighted by atomic mass is 9.92. The summed E-state index contributed by atoms with van der Waals surface area (Å²) in [6.45, 7) is 2.34. The van der Waals surface area contributed by atoms with Crippen molar-refractivity contribution in [2.75, 3.05) is 26.7 Å². The number of rotatable bonds is 8. The number of hydrogen-bond donors (Lipinski definition) is 3. The van der Waals surface area contributed by atoms with Crippen LogP contribution in [0.4, 0.5) is 4.79 Å². The number of amides is 4. The van der Waals surface area contributed by atoms with Crippen LogP contribution < -0.4 is 21.1 Å². The molecule has 144 valence electrons. The van der Waals surface area contributed by atoms with Crippen molar-refractivity contribution in [2.45, 2.75) is 25.3 Å². The van der Waals surface area contributed by atoms with Gasteiger partial charge in [-0.2, -0.15) is 0 Å². The van der Waals surface area contributed by atoms with Gasteiger partial charge in [0.1, 0.15) is 17.8 Å². The molecule has 0 bridgehead atoms. The Morgan fingerprint density at radius 3 is 2.50 bits per heavy atom. The molecule has 9 heteroatoms. The van der Waals surface area contributed by atoms with Crippen molar-refractivity contribution >= 4 is 30.3 Å². The third-order valence-electron chi connectivity index (χ3n) is 4.20. The van der Waals surface area contributed by atoms with Gasteiger partial charge < -0.3 is 21.1 Å². The Labute approximate surface area is 158 Å². The normalized spacial score (nSPS) is 19.0. The molecule has 1 heterocycles. The number of carbonyl (C=O) groups is 3. The van der Waals surface area contributed by atoms with Gasteiger partial charge in [0, 0.05) is 6.54 Å². The SMILES string of the molecule is COc1ccc(C2(C)NC(=O)N(CC(=O)NCCCCN)C2=O)cc1.Cl. The molecular weight excluding hydrogens is 360 g/mol. The van der Waals surface area contributed by atoms with Crippen LogP contribution in [0.1, 0.15) is 25.3 Å². The number of hydrogen-bond acceptors (Lipinski definition) is 5. The molecule has 1 aromatic rings. The van der Waals surface area contributed by atoms with E-state index in [9.17, 15) is 14.4 Å². The molecule has 1 unspecified atom stereocenters. The molecule has 0 spiro atoms. The molecule has 0 aromatic heterocycles. The number of methoxy groups -OCH3 is 1. The highest BCUT2D eigenvalue weighted by Gasteiger charge is 2.49. The first-order chi connectivity index (χ1) is 11.9. The fourth-order valence-electron chi connectivity index (χ4n) is 2.66. The van der Waals surface area contributed by atoms with E-state index in [0.29, 0.717) is 24.4 Å². The number of benzene rings is 1. The highest BCUT2D eigenvalue weighted by Crippen LogP contribution is 2.29. The summed E-state index contributed by atoms with van der Waals surface area (Å²) in [6, 6.07) is 6.28. The van der Waals surface area contributed by atoms with Gasteiger partial charge in [0.05, 0.1) is 7.11 Å². The van der Waals surface area contributed by atoms with E-state index in [1.807, 2.05) is 0 Å². The van der Waals surface area contributed by atoms with Crippen LogP contribution in [-0.2, 0) is 15.1 Å². The third-order valence-corrected chi connectivity index (χ3v) is 4.20. The Morgan fingerprint density at radius 1 is 1.27 bits per heavy atom. The predicted molar refractivity (Wildman–Crippen MR) is 99.1 cm³/mol. The Morgan fingerprint density at radius 2 is 1.92 bits per heavy atom. The zero-order chi connectivity index (χ0) is 18.4. The standard InChI is InChI=1S/C17H24N4O4.ClH/c1-17(12-5-7-13(25-2)8-6-12)15(23)21(16(24)20-17)11-14(22)19-10-4-3-9-18;/h5-8H,3-4,9-11,18H2,1-2H3,(H,19,22)(H,20,24);1H. The zero-order valence-electron chi connectivity index (χ0n) is 14.9. The third kappa shape index (κ3) is 4.64. The number of halogens is 1. The van der Waals surface area contributed by atoms with Crippen LogP contribution in [0.2, 0.25) is 0 Å². The molecule has 8 nitrogen and oxygen atoms in total. The van der Waals surface area contributed by atoms with Gasteiger partial charge in [-0.05, 0) is 44.0 Å². The number of imide groups is 1. The van der Waals surface area contributed by atoms with E-state index >= 15 is 0 Å². The summed E-state index contributed by atoms with van der Waals surface area (Å²) >= 11 is 0. The Kier molecular flexibility index (Phi) is 7.85. The molecule has 0 saturated carbocycles. The van der Waals surface area contributed by atoms with Crippen LogP contribution in [0.15, 0.2) is 24.3 Å². The second-order valence-electron chi connectivity index (χ2n) is 6.02. The average molecular weight is 385 g/mol. The lowest BCUT2D eigenvalue weighted by molar-refractivity contribution is -0.134. The largest absolute Gasteiger partial charge is 0.497 e. The summed E-state index contributed by atoms with van der Waals surface area (Å²) in [7, 11) is 1.55. The average Bonchev–Trinajstić information content (AvgIpc) is 2.83. The van der Waals surface area contributed by atoms with Gasteiger partial charge in [0.2, 0.25) is 5.91 Å². The van der Waals surface area contributed by atoms with Crippen molar-refractivity contribution in [3.05, 3.63) is 29.8 Å². The molecule has 0 radical (unpaired) electrons. The maximum absolute atomic E-state index is 12.7. The quantitative estimate of drug-likeness (QED) is 0.452. The maximum atomic E-state index is 12.7. The van der Waals surface area contributed by atoms with E-state index in [-0.39, 0.29) is 24.9 Å². The maximum Gasteiger partial charge on any atom is 0.325 e. The summed E-state index contributed by atoms with van der Waals surface area (Å²) in [6.07, 6.45) is 1.56. The van der Waals surface area contributed by atoms with Crippen LogP contribution in [0.5, 0.6) is 5.75 Å². The molecule has 1 fully saturated rings. The number of unbranched alkanes of at least 4 members (excludes halogenated alkanes) is 1. The molecule has 4 amide bonds. The topological polar surface area (TPSA) is 114 Å². The summed E-state index contributed by atoms with van der Waals surface area (Å²) in [4.78, 5) is 37.8. The smallest absolute Gasteiger partial charge is 0.325 e. The summed E-state index contributed by atoms with van der Waals surface area (Å²) in [5, 5.41) is 5.35. The van der Waals surface area contributed by atoms with Crippen LogP contribution in [-0.4, -0.2) is 49.5 Å². The first-order valence-corrected chi connectivity index (χ1v) is 8.17. The molecule has 1 aliphatic rings. The van der Waals surface area contributed by atoms with E-state index in [1.54, 1.807) is 38.3 Å². The van der Waals surface area contributed by atoms with Crippen molar-refractivity contribution in [3.63, 3.8) is 0 Å². The summed E-state index contributed by atoms with van der Waals surface area (Å²) < 4.78 is 5.10. The number of nitrogens with two attached hydrogens (primary N) is 1. The van der Waals surface area contributed by atoms with Crippen molar-refractivity contribution < 1.29 is 19.1 Å². The first kappa shape index (κ1) is 21.7. The Hall–Kier alpha value is -2.32. The number of urea groups is 1. The van der Waals surface area contributed by atoms with Crippen LogP contribution in [0.3, 0.4) is 0 Å². The zero-order valence-corrected chi connectivity index (χ0v) is 15.7. The van der Waals surface area contributed by atoms with E-state index in [0.717, 1.165) is 17.7 Å². The minimum atomic E-state index is -1.21. The van der Waals surface area contributed by atoms with Gasteiger partial charge in [0.25, 0.3) is 5.91 Å². The van der Waals surface area contributed by atoms with Crippen LogP contribution in [0, 0.1) is 0 Å². The van der Waals surface area contributed by atoms with Crippen molar-refractivity contribution in [3.8, 4) is 5.75 Å². The van der Waals surface area contributed by atoms with Gasteiger partial charge >= 0.3 is 6.03 Å². The number of carbonyl (C=O) groups excluding carboxylic acids is 3. The van der Waals surface area contributed by atoms with Crippen LogP contribution >= 0.6 is 12.4 Å². The molecule has 4 N–H and O–H groups in total. The van der Waals surface area contributed by atoms with E-state index in [4.69, 9.17) is 10.5 Å². The van der Waals surface area contributed by atoms with Gasteiger partial charge in [0.15, 0.2) is 0 Å². The lowest BCUT2D eigenvalue weighted by Gasteiger charge is -2.22. The molecule has 2 rings (SSSR count). The molecule has 0 aliphatic carbocycles. The number of nitrogens with one attached hydrogen (secondary N) is 2. The molecular formula is C17H25ClN4O4. The molecule has 1 saturated heterocycles. The number of nitrogens with zero attached hydrogens (tertiary/aromatic N) is 1. The summed E-state index contributed by atoms with van der Waals surface area (Å²) in [5.41, 5.74) is 4.81. The second-order valence-corrected chi connectivity index (χ2v) is 6.02. The highest BCUT2D eigenvalue weighted by atomic mass is 35.5. The van der Waals surface area contributed by atoms with Gasteiger partial charge in [-0.15, -0.1) is 12.4 Å². The van der Waals surface area contributed by atoms with Crippen molar-refractivity contribution in [1.29, 1.82) is 0 Å². The summed E-state index contributed by atoms with van der Waals surface area (Å²) in [5.74, 6) is -0.183. The molecule has 1 atom stereocenters. The van der Waals surface area contributed by atoms with Gasteiger partial charge in [-0.3, -0.25) is 14.5 Å². The van der Waals surface area contributed by atoms with E-state index in [1.165, 1.54) is 0 Å². The molecule has 26 heavy (non-hydrogen) atoms. The fourth-order valence-corrected chi connectivity index (χ4v) is 2.66. The Balaban J connectivity index is 0.00000338.